The first kappa shape index (κ1) is 14.2. The Morgan fingerprint density at radius 3 is 2.36 bits per heavy atom. The number of phenols is 1. The summed E-state index contributed by atoms with van der Waals surface area (Å²) in [5.41, 5.74) is 5.05. The zero-order valence-corrected chi connectivity index (χ0v) is 12.9. The van der Waals surface area contributed by atoms with E-state index in [1.54, 1.807) is 0 Å². The fraction of sp³-hybridized carbons (Fsp3) is 0.150. The van der Waals surface area contributed by atoms with Crippen LogP contribution in [0.15, 0.2) is 42.5 Å². The van der Waals surface area contributed by atoms with Crippen molar-refractivity contribution in [3.05, 3.63) is 64.7 Å². The number of benzene rings is 3. The normalized spacial score (nSPS) is 10.6. The molecule has 0 radical (unpaired) electrons. The lowest BCUT2D eigenvalue weighted by atomic mass is 9.88. The number of phenolic OH excluding ortho intramolecular Hbond substituents is 1. The maximum atomic E-state index is 10.7. The molecule has 0 saturated heterocycles. The van der Waals surface area contributed by atoms with Crippen LogP contribution in [0.25, 0.3) is 21.9 Å². The van der Waals surface area contributed by atoms with Crippen LogP contribution in [-0.2, 0) is 0 Å². The predicted molar refractivity (Wildman–Crippen MR) is 90.0 cm³/mol. The van der Waals surface area contributed by atoms with Gasteiger partial charge in [0.05, 0.1) is 11.6 Å². The molecule has 0 aliphatic carbocycles. The first-order valence-corrected chi connectivity index (χ1v) is 7.26. The Hall–Kier alpha value is -2.79. The van der Waals surface area contributed by atoms with Gasteiger partial charge in [0.15, 0.2) is 0 Å². The van der Waals surface area contributed by atoms with Crippen molar-refractivity contribution < 1.29 is 5.11 Å². The van der Waals surface area contributed by atoms with Crippen LogP contribution >= 0.6 is 0 Å². The Morgan fingerprint density at radius 1 is 0.909 bits per heavy atom. The minimum Gasteiger partial charge on any atom is -0.507 e. The summed E-state index contributed by atoms with van der Waals surface area (Å²) < 4.78 is 0. The van der Waals surface area contributed by atoms with E-state index in [4.69, 9.17) is 0 Å². The number of hydrogen-bond acceptors (Lipinski definition) is 2. The first-order valence-electron chi connectivity index (χ1n) is 7.26. The second-order valence-electron chi connectivity index (χ2n) is 5.68. The van der Waals surface area contributed by atoms with Gasteiger partial charge in [0, 0.05) is 11.1 Å². The molecule has 0 aliphatic rings. The van der Waals surface area contributed by atoms with E-state index in [-0.39, 0.29) is 5.75 Å². The second-order valence-corrected chi connectivity index (χ2v) is 5.68. The molecule has 0 aromatic heterocycles. The minimum atomic E-state index is 0.269. The van der Waals surface area contributed by atoms with Gasteiger partial charge < -0.3 is 5.11 Å². The molecule has 22 heavy (non-hydrogen) atoms. The van der Waals surface area contributed by atoms with Gasteiger partial charge in [-0.1, -0.05) is 36.4 Å². The van der Waals surface area contributed by atoms with Gasteiger partial charge in [-0.2, -0.15) is 5.26 Å². The molecule has 0 amide bonds. The third kappa shape index (κ3) is 2.03. The Morgan fingerprint density at radius 2 is 1.64 bits per heavy atom. The van der Waals surface area contributed by atoms with E-state index in [1.165, 1.54) is 0 Å². The SMILES string of the molecule is Cc1cc(C)c(-c2c(C#N)ccc3ccccc23)c(O)c1C. The number of rotatable bonds is 1. The number of hydrogen-bond donors (Lipinski definition) is 1. The molecule has 0 aliphatic heterocycles. The van der Waals surface area contributed by atoms with Crippen LogP contribution < -0.4 is 0 Å². The van der Waals surface area contributed by atoms with Crippen molar-refractivity contribution in [1.29, 1.82) is 5.26 Å². The zero-order valence-electron chi connectivity index (χ0n) is 12.9. The highest BCUT2D eigenvalue weighted by atomic mass is 16.3. The Bertz CT molecular complexity index is 933. The molecule has 3 aromatic carbocycles. The van der Waals surface area contributed by atoms with Crippen LogP contribution in [0.2, 0.25) is 0 Å². The number of nitrogens with zero attached hydrogens (tertiary/aromatic N) is 1. The third-order valence-electron chi connectivity index (χ3n) is 4.31. The Balaban J connectivity index is 2.51. The van der Waals surface area contributed by atoms with Gasteiger partial charge >= 0.3 is 0 Å². The smallest absolute Gasteiger partial charge is 0.126 e. The van der Waals surface area contributed by atoms with E-state index in [9.17, 15) is 10.4 Å². The van der Waals surface area contributed by atoms with Crippen LogP contribution in [0, 0.1) is 32.1 Å². The molecule has 3 aromatic rings. The highest BCUT2D eigenvalue weighted by Gasteiger charge is 2.18. The van der Waals surface area contributed by atoms with Crippen molar-refractivity contribution in [2.24, 2.45) is 0 Å². The standard InChI is InChI=1S/C20H17NO/c1-12-10-13(2)18(20(22)14(12)3)19-16(11-21)9-8-15-6-4-5-7-17(15)19/h4-10,22H,1-3H3. The molecule has 0 fully saturated rings. The molecule has 1 N–H and O–H groups in total. The van der Waals surface area contributed by atoms with Gasteiger partial charge in [-0.05, 0) is 54.3 Å². The predicted octanol–water partition coefficient (Wildman–Crippen LogP) is 5.01. The van der Waals surface area contributed by atoms with Gasteiger partial charge in [0.1, 0.15) is 5.75 Å². The van der Waals surface area contributed by atoms with Gasteiger partial charge in [-0.25, -0.2) is 0 Å². The summed E-state index contributed by atoms with van der Waals surface area (Å²) in [6.45, 7) is 5.87. The second kappa shape index (κ2) is 5.20. The quantitative estimate of drug-likeness (QED) is 0.683. The van der Waals surface area contributed by atoms with Gasteiger partial charge in [-0.3, -0.25) is 0 Å². The third-order valence-corrected chi connectivity index (χ3v) is 4.31. The van der Waals surface area contributed by atoms with Crippen molar-refractivity contribution in [3.63, 3.8) is 0 Å². The number of nitriles is 1. The first-order chi connectivity index (χ1) is 10.5. The summed E-state index contributed by atoms with van der Waals surface area (Å²) in [6.07, 6.45) is 0. The molecule has 0 bridgehead atoms. The molecule has 0 heterocycles. The van der Waals surface area contributed by atoms with Gasteiger partial charge in [0.25, 0.3) is 0 Å². The molecule has 108 valence electrons. The molecular weight excluding hydrogens is 270 g/mol. The lowest BCUT2D eigenvalue weighted by Crippen LogP contribution is -1.94. The minimum absolute atomic E-state index is 0.269. The van der Waals surface area contributed by atoms with Crippen LogP contribution in [0.1, 0.15) is 22.3 Å². The maximum Gasteiger partial charge on any atom is 0.126 e. The lowest BCUT2D eigenvalue weighted by Gasteiger charge is -2.16. The number of aryl methyl sites for hydroxylation is 2. The van der Waals surface area contributed by atoms with E-state index >= 15 is 0 Å². The summed E-state index contributed by atoms with van der Waals surface area (Å²) in [4.78, 5) is 0. The zero-order chi connectivity index (χ0) is 15.9. The lowest BCUT2D eigenvalue weighted by molar-refractivity contribution is 0.472. The van der Waals surface area contributed by atoms with Crippen LogP contribution in [0.5, 0.6) is 5.75 Å². The highest BCUT2D eigenvalue weighted by Crippen LogP contribution is 2.41. The van der Waals surface area contributed by atoms with Crippen LogP contribution in [0.4, 0.5) is 0 Å². The summed E-state index contributed by atoms with van der Waals surface area (Å²) >= 11 is 0. The molecule has 2 nitrogen and oxygen atoms in total. The fourth-order valence-corrected chi connectivity index (χ4v) is 3.02. The van der Waals surface area contributed by atoms with E-state index in [1.807, 2.05) is 57.2 Å². The average Bonchev–Trinajstić information content (AvgIpc) is 2.53. The number of aromatic hydroxyl groups is 1. The Labute approximate surface area is 130 Å². The molecule has 3 rings (SSSR count). The van der Waals surface area contributed by atoms with Gasteiger partial charge in [-0.15, -0.1) is 0 Å². The molecule has 0 spiro atoms. The van der Waals surface area contributed by atoms with E-state index in [0.29, 0.717) is 5.56 Å². The topological polar surface area (TPSA) is 44.0 Å². The molecule has 2 heteroatoms. The van der Waals surface area contributed by atoms with Crippen molar-refractivity contribution in [2.75, 3.05) is 0 Å². The molecule has 0 saturated carbocycles. The average molecular weight is 287 g/mol. The van der Waals surface area contributed by atoms with Crippen LogP contribution in [-0.4, -0.2) is 5.11 Å². The monoisotopic (exact) mass is 287 g/mol. The summed E-state index contributed by atoms with van der Waals surface area (Å²) in [5.74, 6) is 0.269. The van der Waals surface area contributed by atoms with Crippen molar-refractivity contribution in [2.45, 2.75) is 20.8 Å². The Kier molecular flexibility index (Phi) is 3.35. The largest absolute Gasteiger partial charge is 0.507 e. The highest BCUT2D eigenvalue weighted by molar-refractivity contribution is 6.01. The number of fused-ring (bicyclic) bond motifs is 1. The summed E-state index contributed by atoms with van der Waals surface area (Å²) in [5, 5.41) is 22.2. The van der Waals surface area contributed by atoms with Crippen molar-refractivity contribution in [3.8, 4) is 22.9 Å². The van der Waals surface area contributed by atoms with Gasteiger partial charge in [0.2, 0.25) is 0 Å². The fourth-order valence-electron chi connectivity index (χ4n) is 3.02. The van der Waals surface area contributed by atoms with Crippen molar-refractivity contribution in [1.82, 2.24) is 0 Å². The molecule has 0 atom stereocenters. The molecular formula is C20H17NO. The maximum absolute atomic E-state index is 10.7. The molecule has 0 unspecified atom stereocenters. The summed E-state index contributed by atoms with van der Waals surface area (Å²) in [6, 6.07) is 16.1. The van der Waals surface area contributed by atoms with E-state index < -0.39 is 0 Å². The summed E-state index contributed by atoms with van der Waals surface area (Å²) in [7, 11) is 0. The van der Waals surface area contributed by atoms with E-state index in [2.05, 4.69) is 12.1 Å². The van der Waals surface area contributed by atoms with E-state index in [0.717, 1.165) is 38.6 Å². The van der Waals surface area contributed by atoms with Crippen LogP contribution in [0.3, 0.4) is 0 Å². The van der Waals surface area contributed by atoms with Crippen molar-refractivity contribution >= 4 is 10.8 Å².